The monoisotopic (exact) mass is 255 g/mol. The minimum Gasteiger partial charge on any atom is -0.461 e. The molecule has 0 unspecified atom stereocenters. The van der Waals surface area contributed by atoms with Crippen molar-refractivity contribution in [2.24, 2.45) is 0 Å². The van der Waals surface area contributed by atoms with Gasteiger partial charge < -0.3 is 14.8 Å². The van der Waals surface area contributed by atoms with E-state index < -0.39 is 18.0 Å². The molecule has 18 heavy (non-hydrogen) atoms. The number of hydrogen-bond donors (Lipinski definition) is 1. The molecule has 0 aliphatic heterocycles. The van der Waals surface area contributed by atoms with Gasteiger partial charge in [0.2, 0.25) is 5.91 Å². The Morgan fingerprint density at radius 3 is 2.61 bits per heavy atom. The van der Waals surface area contributed by atoms with Gasteiger partial charge in [-0.2, -0.15) is 5.10 Å². The minimum absolute atomic E-state index is 0.0393. The summed E-state index contributed by atoms with van der Waals surface area (Å²) < 4.78 is 9.98. The lowest BCUT2D eigenvalue weighted by Gasteiger charge is -2.03. The maximum Gasteiger partial charge on any atom is 0.436 e. The fourth-order valence-electron chi connectivity index (χ4n) is 1.18. The first-order chi connectivity index (χ1) is 8.49. The molecule has 1 aromatic heterocycles. The van der Waals surface area contributed by atoms with Crippen LogP contribution in [0, 0.1) is 0 Å². The van der Waals surface area contributed by atoms with E-state index in [1.165, 1.54) is 13.0 Å². The van der Waals surface area contributed by atoms with Crippen LogP contribution in [-0.4, -0.2) is 41.5 Å². The maximum atomic E-state index is 11.4. The molecule has 8 nitrogen and oxygen atoms in total. The molecule has 98 valence electrons. The zero-order chi connectivity index (χ0) is 13.7. The summed E-state index contributed by atoms with van der Waals surface area (Å²) in [7, 11) is 1.16. The second-order valence-corrected chi connectivity index (χ2v) is 3.20. The third-order valence-electron chi connectivity index (χ3n) is 1.85. The zero-order valence-electron chi connectivity index (χ0n) is 10.2. The lowest BCUT2D eigenvalue weighted by Crippen LogP contribution is -2.19. The summed E-state index contributed by atoms with van der Waals surface area (Å²) in [5.41, 5.74) is -0.0917. The van der Waals surface area contributed by atoms with Crippen LogP contribution in [0.2, 0.25) is 0 Å². The van der Waals surface area contributed by atoms with Crippen LogP contribution in [0.1, 0.15) is 24.3 Å². The Hall–Kier alpha value is -2.38. The van der Waals surface area contributed by atoms with E-state index in [-0.39, 0.29) is 18.1 Å². The topological polar surface area (TPSA) is 99.5 Å². The Morgan fingerprint density at radius 1 is 1.44 bits per heavy atom. The number of nitrogens with zero attached hydrogens (tertiary/aromatic N) is 2. The fourth-order valence-corrected chi connectivity index (χ4v) is 1.18. The number of aromatic nitrogens is 2. The quantitative estimate of drug-likeness (QED) is 0.795. The van der Waals surface area contributed by atoms with Crippen LogP contribution in [0.3, 0.4) is 0 Å². The summed E-state index contributed by atoms with van der Waals surface area (Å²) >= 11 is 0. The van der Waals surface area contributed by atoms with Crippen molar-refractivity contribution in [3.63, 3.8) is 0 Å². The molecule has 0 aromatic carbocycles. The van der Waals surface area contributed by atoms with Crippen molar-refractivity contribution in [3.05, 3.63) is 11.8 Å². The highest BCUT2D eigenvalue weighted by atomic mass is 16.5. The summed E-state index contributed by atoms with van der Waals surface area (Å²) in [4.78, 5) is 33.8. The largest absolute Gasteiger partial charge is 0.461 e. The van der Waals surface area contributed by atoms with Crippen LogP contribution < -0.4 is 5.32 Å². The lowest BCUT2D eigenvalue weighted by atomic mass is 10.4. The van der Waals surface area contributed by atoms with Crippen molar-refractivity contribution in [3.8, 4) is 0 Å². The van der Waals surface area contributed by atoms with Crippen molar-refractivity contribution in [2.75, 3.05) is 19.0 Å². The first-order valence-corrected chi connectivity index (χ1v) is 5.12. The number of anilines is 1. The Balaban J connectivity index is 3.10. The first-order valence-electron chi connectivity index (χ1n) is 5.12. The number of carbonyl (C=O) groups excluding carboxylic acids is 3. The predicted molar refractivity (Wildman–Crippen MR) is 60.3 cm³/mol. The molecule has 0 aliphatic carbocycles. The molecule has 0 atom stereocenters. The van der Waals surface area contributed by atoms with Gasteiger partial charge in [0.05, 0.1) is 13.7 Å². The van der Waals surface area contributed by atoms with Crippen molar-refractivity contribution in [2.45, 2.75) is 13.8 Å². The molecule has 8 heteroatoms. The van der Waals surface area contributed by atoms with Crippen molar-refractivity contribution in [1.82, 2.24) is 9.78 Å². The number of hydrogen-bond acceptors (Lipinski definition) is 6. The average molecular weight is 255 g/mol. The van der Waals surface area contributed by atoms with E-state index in [2.05, 4.69) is 15.2 Å². The third-order valence-corrected chi connectivity index (χ3v) is 1.85. The van der Waals surface area contributed by atoms with Crippen molar-refractivity contribution >= 4 is 23.8 Å². The van der Waals surface area contributed by atoms with E-state index in [4.69, 9.17) is 4.74 Å². The number of amides is 1. The second-order valence-electron chi connectivity index (χ2n) is 3.20. The molecular weight excluding hydrogens is 242 g/mol. The molecule has 1 amide bonds. The van der Waals surface area contributed by atoms with Gasteiger partial charge in [-0.1, -0.05) is 0 Å². The smallest absolute Gasteiger partial charge is 0.436 e. The highest BCUT2D eigenvalue weighted by Crippen LogP contribution is 2.12. The summed E-state index contributed by atoms with van der Waals surface area (Å²) in [5.74, 6) is -1.06. The van der Waals surface area contributed by atoms with Gasteiger partial charge in [0.15, 0.2) is 5.69 Å². The predicted octanol–water partition coefficient (Wildman–Crippen LogP) is 0.633. The van der Waals surface area contributed by atoms with E-state index in [1.807, 2.05) is 0 Å². The van der Waals surface area contributed by atoms with Gasteiger partial charge in [-0.25, -0.2) is 9.59 Å². The van der Waals surface area contributed by atoms with Gasteiger partial charge in [-0.3, -0.25) is 4.79 Å². The van der Waals surface area contributed by atoms with Crippen LogP contribution in [0.4, 0.5) is 10.6 Å². The minimum atomic E-state index is -0.825. The molecule has 0 saturated heterocycles. The molecule has 1 aromatic rings. The normalized spacial score (nSPS) is 9.72. The Morgan fingerprint density at radius 2 is 2.11 bits per heavy atom. The molecule has 1 N–H and O–H groups in total. The van der Waals surface area contributed by atoms with Gasteiger partial charge in [0.1, 0.15) is 5.82 Å². The Bertz CT molecular complexity index is 480. The molecule has 1 rings (SSSR count). The zero-order valence-corrected chi connectivity index (χ0v) is 10.2. The van der Waals surface area contributed by atoms with Gasteiger partial charge >= 0.3 is 12.1 Å². The van der Waals surface area contributed by atoms with E-state index >= 15 is 0 Å². The summed E-state index contributed by atoms with van der Waals surface area (Å²) in [6, 6.07) is 1.23. The van der Waals surface area contributed by atoms with Gasteiger partial charge in [0, 0.05) is 13.0 Å². The number of carbonyl (C=O) groups is 3. The van der Waals surface area contributed by atoms with Crippen LogP contribution >= 0.6 is 0 Å². The number of ether oxygens (including phenoxy) is 2. The Kier molecular flexibility index (Phi) is 4.41. The molecule has 0 spiro atoms. The van der Waals surface area contributed by atoms with E-state index in [0.717, 1.165) is 11.8 Å². The molecule has 1 heterocycles. The molecule has 0 saturated carbocycles. The van der Waals surface area contributed by atoms with Gasteiger partial charge in [0.25, 0.3) is 0 Å². The number of rotatable bonds is 3. The maximum absolute atomic E-state index is 11.4. The van der Waals surface area contributed by atoms with Crippen molar-refractivity contribution in [1.29, 1.82) is 0 Å². The Labute approximate surface area is 103 Å². The SMILES string of the molecule is CCOC(=O)c1cc(NC(C)=O)n(C(=O)OC)n1. The van der Waals surface area contributed by atoms with Crippen LogP contribution in [-0.2, 0) is 14.3 Å². The number of methoxy groups -OCH3 is 1. The van der Waals surface area contributed by atoms with Crippen molar-refractivity contribution < 1.29 is 23.9 Å². The lowest BCUT2D eigenvalue weighted by molar-refractivity contribution is -0.114. The summed E-state index contributed by atoms with van der Waals surface area (Å²) in [6.45, 7) is 3.09. The molecular formula is C10H13N3O5. The van der Waals surface area contributed by atoms with Crippen LogP contribution in [0.15, 0.2) is 6.07 Å². The van der Waals surface area contributed by atoms with Crippen LogP contribution in [0.25, 0.3) is 0 Å². The third kappa shape index (κ3) is 3.06. The summed E-state index contributed by atoms with van der Waals surface area (Å²) in [5, 5.41) is 6.06. The van der Waals surface area contributed by atoms with E-state index in [1.54, 1.807) is 6.92 Å². The molecule has 0 radical (unpaired) electrons. The highest BCUT2D eigenvalue weighted by molar-refractivity contribution is 5.94. The molecule has 0 bridgehead atoms. The first kappa shape index (κ1) is 13.7. The number of nitrogens with one attached hydrogen (secondary N) is 1. The number of esters is 1. The second kappa shape index (κ2) is 5.80. The molecule has 0 aliphatic rings. The van der Waals surface area contributed by atoms with E-state index in [0.29, 0.717) is 0 Å². The standard InChI is InChI=1S/C10H13N3O5/c1-4-18-9(15)7-5-8(11-6(2)14)13(12-7)10(16)17-3/h5H,4H2,1-3H3,(H,11,14). The summed E-state index contributed by atoms with van der Waals surface area (Å²) in [6.07, 6.45) is -0.825. The fraction of sp³-hybridized carbons (Fsp3) is 0.400. The molecule has 0 fully saturated rings. The van der Waals surface area contributed by atoms with E-state index in [9.17, 15) is 14.4 Å². The highest BCUT2D eigenvalue weighted by Gasteiger charge is 2.20. The van der Waals surface area contributed by atoms with Gasteiger partial charge in [-0.15, -0.1) is 4.68 Å². The van der Waals surface area contributed by atoms with Crippen LogP contribution in [0.5, 0.6) is 0 Å². The van der Waals surface area contributed by atoms with Gasteiger partial charge in [-0.05, 0) is 6.92 Å². The average Bonchev–Trinajstić information content (AvgIpc) is 2.71.